The van der Waals surface area contributed by atoms with Crippen molar-refractivity contribution in [3.8, 4) is 11.1 Å². The lowest BCUT2D eigenvalue weighted by Crippen LogP contribution is -2.37. The molecule has 0 spiro atoms. The Morgan fingerprint density at radius 3 is 2.85 bits per heavy atom. The van der Waals surface area contributed by atoms with Crippen LogP contribution in [0.1, 0.15) is 22.5 Å². The molecule has 0 saturated heterocycles. The Hall–Kier alpha value is -4.13. The Balaban J connectivity index is 1.39. The number of carbonyl (C=O) groups is 1. The van der Waals surface area contributed by atoms with Gasteiger partial charge in [0.25, 0.3) is 0 Å². The van der Waals surface area contributed by atoms with E-state index in [9.17, 15) is 9.59 Å². The standard InChI is InChI=1S/C26H21N3O4/c1-15-17-9-19-20(16-5-3-2-4-6-16)13-32-23(19)11-24(17)33-26(31)18(15)10-25(30)29-8-7-21-22(12-29)28-14-27-21/h2-6,9,11,13-14H,7-8,10,12H2,1H3,(H,27,28). The van der Waals surface area contributed by atoms with Gasteiger partial charge in [-0.3, -0.25) is 4.79 Å². The van der Waals surface area contributed by atoms with Crippen molar-refractivity contribution < 1.29 is 13.6 Å². The van der Waals surface area contributed by atoms with Gasteiger partial charge < -0.3 is 18.7 Å². The van der Waals surface area contributed by atoms with Crippen molar-refractivity contribution in [2.75, 3.05) is 6.54 Å². The summed E-state index contributed by atoms with van der Waals surface area (Å²) in [5.74, 6) is -0.0978. The van der Waals surface area contributed by atoms with E-state index >= 15 is 0 Å². The van der Waals surface area contributed by atoms with E-state index in [0.717, 1.165) is 38.9 Å². The van der Waals surface area contributed by atoms with Gasteiger partial charge >= 0.3 is 5.63 Å². The van der Waals surface area contributed by atoms with Crippen LogP contribution in [0.25, 0.3) is 33.1 Å². The molecule has 0 radical (unpaired) electrons. The molecule has 6 rings (SSSR count). The summed E-state index contributed by atoms with van der Waals surface area (Å²) in [5.41, 5.74) is 5.74. The van der Waals surface area contributed by atoms with Crippen LogP contribution in [0.3, 0.4) is 0 Å². The molecule has 0 atom stereocenters. The van der Waals surface area contributed by atoms with E-state index in [1.54, 1.807) is 23.6 Å². The second-order valence-corrected chi connectivity index (χ2v) is 8.42. The zero-order valence-corrected chi connectivity index (χ0v) is 18.1. The largest absolute Gasteiger partial charge is 0.464 e. The van der Waals surface area contributed by atoms with Gasteiger partial charge in [0, 0.05) is 35.4 Å². The SMILES string of the molecule is Cc1c(CC(=O)N2CCc3nc[nH]c3C2)c(=O)oc2cc3occ(-c4ccccc4)c3cc12. The molecule has 4 heterocycles. The van der Waals surface area contributed by atoms with Crippen LogP contribution in [0.15, 0.2) is 68.7 Å². The molecule has 0 fully saturated rings. The van der Waals surface area contributed by atoms with Crippen molar-refractivity contribution in [3.63, 3.8) is 0 Å². The van der Waals surface area contributed by atoms with Crippen LogP contribution < -0.4 is 5.63 Å². The van der Waals surface area contributed by atoms with Crippen molar-refractivity contribution in [2.24, 2.45) is 0 Å². The highest BCUT2D eigenvalue weighted by molar-refractivity contribution is 6.02. The van der Waals surface area contributed by atoms with Gasteiger partial charge in [-0.1, -0.05) is 30.3 Å². The van der Waals surface area contributed by atoms with Crippen molar-refractivity contribution >= 4 is 27.8 Å². The molecule has 33 heavy (non-hydrogen) atoms. The summed E-state index contributed by atoms with van der Waals surface area (Å²) in [7, 11) is 0. The minimum absolute atomic E-state index is 0.00252. The summed E-state index contributed by atoms with van der Waals surface area (Å²) in [6.45, 7) is 2.94. The number of aromatic nitrogens is 2. The van der Waals surface area contributed by atoms with Gasteiger partial charge in [-0.05, 0) is 24.1 Å². The van der Waals surface area contributed by atoms with Crippen molar-refractivity contribution in [1.29, 1.82) is 0 Å². The number of hydrogen-bond donors (Lipinski definition) is 1. The Morgan fingerprint density at radius 2 is 2.00 bits per heavy atom. The fraction of sp³-hybridized carbons (Fsp3) is 0.192. The molecule has 7 nitrogen and oxygen atoms in total. The van der Waals surface area contributed by atoms with E-state index in [1.807, 2.05) is 43.3 Å². The molecule has 3 aromatic heterocycles. The van der Waals surface area contributed by atoms with E-state index < -0.39 is 5.63 Å². The molecule has 1 amide bonds. The fourth-order valence-corrected chi connectivity index (χ4v) is 4.64. The number of imidazole rings is 1. The number of H-pyrrole nitrogens is 1. The average molecular weight is 439 g/mol. The summed E-state index contributed by atoms with van der Waals surface area (Å²) >= 11 is 0. The molecule has 0 bridgehead atoms. The topological polar surface area (TPSA) is 92.3 Å². The number of aromatic amines is 1. The molecule has 0 unspecified atom stereocenters. The zero-order valence-electron chi connectivity index (χ0n) is 18.1. The number of rotatable bonds is 3. The number of amides is 1. The van der Waals surface area contributed by atoms with Crippen LogP contribution in [-0.4, -0.2) is 27.3 Å². The molecule has 7 heteroatoms. The number of nitrogens with zero attached hydrogens (tertiary/aromatic N) is 2. The van der Waals surface area contributed by atoms with Crippen molar-refractivity contribution in [3.05, 3.63) is 88.0 Å². The summed E-state index contributed by atoms with van der Waals surface area (Å²) in [6.07, 6.45) is 4.08. The number of aryl methyl sites for hydroxylation is 1. The molecule has 1 aliphatic rings. The number of benzene rings is 2. The Labute approximate surface area is 188 Å². The lowest BCUT2D eigenvalue weighted by molar-refractivity contribution is -0.131. The van der Waals surface area contributed by atoms with Crippen molar-refractivity contribution in [1.82, 2.24) is 14.9 Å². The predicted octanol–water partition coefficient (Wildman–Crippen LogP) is 4.37. The molecule has 164 valence electrons. The molecule has 0 aliphatic carbocycles. The van der Waals surface area contributed by atoms with Crippen LogP contribution in [0.4, 0.5) is 0 Å². The molecular formula is C26H21N3O4. The first-order valence-electron chi connectivity index (χ1n) is 10.9. The van der Waals surface area contributed by atoms with E-state index in [2.05, 4.69) is 9.97 Å². The van der Waals surface area contributed by atoms with Crippen LogP contribution >= 0.6 is 0 Å². The van der Waals surface area contributed by atoms with Gasteiger partial charge in [0.05, 0.1) is 42.5 Å². The summed E-state index contributed by atoms with van der Waals surface area (Å²) in [4.78, 5) is 35.0. The monoisotopic (exact) mass is 439 g/mol. The van der Waals surface area contributed by atoms with Gasteiger partial charge in [-0.25, -0.2) is 9.78 Å². The maximum atomic E-state index is 13.0. The normalized spacial score (nSPS) is 13.5. The highest BCUT2D eigenvalue weighted by Crippen LogP contribution is 2.34. The molecule has 1 N–H and O–H groups in total. The number of fused-ring (bicyclic) bond motifs is 3. The van der Waals surface area contributed by atoms with Gasteiger partial charge in [-0.15, -0.1) is 0 Å². The van der Waals surface area contributed by atoms with Gasteiger partial charge in [-0.2, -0.15) is 0 Å². The van der Waals surface area contributed by atoms with Gasteiger partial charge in [0.1, 0.15) is 11.2 Å². The first kappa shape index (κ1) is 19.5. The Morgan fingerprint density at radius 1 is 1.15 bits per heavy atom. The van der Waals surface area contributed by atoms with E-state index in [-0.39, 0.29) is 12.3 Å². The first-order chi connectivity index (χ1) is 16.1. The lowest BCUT2D eigenvalue weighted by Gasteiger charge is -2.26. The maximum absolute atomic E-state index is 13.0. The second kappa shape index (κ2) is 7.48. The summed E-state index contributed by atoms with van der Waals surface area (Å²) in [5, 5.41) is 1.74. The average Bonchev–Trinajstić information content (AvgIpc) is 3.47. The molecule has 2 aromatic carbocycles. The minimum atomic E-state index is -0.484. The van der Waals surface area contributed by atoms with Crippen LogP contribution in [-0.2, 0) is 24.2 Å². The third kappa shape index (κ3) is 3.24. The van der Waals surface area contributed by atoms with Crippen molar-refractivity contribution in [2.45, 2.75) is 26.3 Å². The molecular weight excluding hydrogens is 418 g/mol. The third-order valence-electron chi connectivity index (χ3n) is 6.52. The number of hydrogen-bond acceptors (Lipinski definition) is 5. The van der Waals surface area contributed by atoms with Gasteiger partial charge in [0.15, 0.2) is 0 Å². The molecule has 5 aromatic rings. The zero-order chi connectivity index (χ0) is 22.5. The minimum Gasteiger partial charge on any atom is -0.464 e. The number of furan rings is 1. The fourth-order valence-electron chi connectivity index (χ4n) is 4.64. The summed E-state index contributed by atoms with van der Waals surface area (Å²) in [6, 6.07) is 13.7. The maximum Gasteiger partial charge on any atom is 0.340 e. The van der Waals surface area contributed by atoms with Crippen LogP contribution in [0.5, 0.6) is 0 Å². The Bertz CT molecular complexity index is 1580. The van der Waals surface area contributed by atoms with E-state index in [1.165, 1.54) is 0 Å². The summed E-state index contributed by atoms with van der Waals surface area (Å²) < 4.78 is 11.4. The number of carbonyl (C=O) groups excluding carboxylic acids is 1. The molecule has 0 saturated carbocycles. The first-order valence-corrected chi connectivity index (χ1v) is 10.9. The quantitative estimate of drug-likeness (QED) is 0.422. The Kier molecular flexibility index (Phi) is 4.43. The van der Waals surface area contributed by atoms with E-state index in [4.69, 9.17) is 8.83 Å². The highest BCUT2D eigenvalue weighted by atomic mass is 16.4. The second-order valence-electron chi connectivity index (χ2n) is 8.42. The lowest BCUT2D eigenvalue weighted by atomic mass is 9.99. The third-order valence-corrected chi connectivity index (χ3v) is 6.52. The van der Waals surface area contributed by atoms with Crippen LogP contribution in [0, 0.1) is 6.92 Å². The van der Waals surface area contributed by atoms with Gasteiger partial charge in [0.2, 0.25) is 5.91 Å². The number of nitrogens with one attached hydrogen (secondary N) is 1. The smallest absolute Gasteiger partial charge is 0.340 e. The highest BCUT2D eigenvalue weighted by Gasteiger charge is 2.25. The molecule has 1 aliphatic heterocycles. The van der Waals surface area contributed by atoms with Crippen LogP contribution in [0.2, 0.25) is 0 Å². The van der Waals surface area contributed by atoms with E-state index in [0.29, 0.717) is 36.2 Å². The predicted molar refractivity (Wildman–Crippen MR) is 124 cm³/mol.